The average Bonchev–Trinajstić information content (AvgIpc) is 2.41. The summed E-state index contributed by atoms with van der Waals surface area (Å²) in [5.41, 5.74) is 0.652. The number of rotatable bonds is 4. The third-order valence-corrected chi connectivity index (χ3v) is 2.86. The van der Waals surface area contributed by atoms with Gasteiger partial charge in [-0.2, -0.15) is 18.2 Å². The zero-order chi connectivity index (χ0) is 16.3. The van der Waals surface area contributed by atoms with Gasteiger partial charge in [-0.25, -0.2) is 4.98 Å². The molecule has 1 aromatic heterocycles. The molecule has 0 fully saturated rings. The van der Waals surface area contributed by atoms with Crippen LogP contribution >= 0.6 is 0 Å². The molecule has 2 N–H and O–H groups in total. The Morgan fingerprint density at radius 2 is 1.73 bits per heavy atom. The summed E-state index contributed by atoms with van der Waals surface area (Å²) in [4.78, 5) is 8.48. The topological polar surface area (TPSA) is 49.8 Å². The fourth-order valence-electron chi connectivity index (χ4n) is 1.78. The number of hydrogen-bond donors (Lipinski definition) is 2. The van der Waals surface area contributed by atoms with Gasteiger partial charge in [0.2, 0.25) is 5.95 Å². The van der Waals surface area contributed by atoms with Crippen LogP contribution in [0.2, 0.25) is 0 Å². The van der Waals surface area contributed by atoms with Gasteiger partial charge in [-0.15, -0.1) is 0 Å². The Morgan fingerprint density at radius 3 is 2.27 bits per heavy atom. The molecule has 0 spiro atoms. The van der Waals surface area contributed by atoms with Gasteiger partial charge in [-0.3, -0.25) is 0 Å². The lowest BCUT2D eigenvalue weighted by Gasteiger charge is -2.13. The number of aryl methyl sites for hydroxylation is 1. The molecule has 0 aliphatic heterocycles. The first-order chi connectivity index (χ1) is 10.3. The molecule has 0 saturated heterocycles. The minimum Gasteiger partial charge on any atom is -0.352 e. The summed E-state index contributed by atoms with van der Waals surface area (Å²) < 4.78 is 37.6. The SMILES string of the molecule is Cc1cnc(NC(C)C)nc1Nc1ccc(C(F)(F)F)cc1. The lowest BCUT2D eigenvalue weighted by Crippen LogP contribution is -2.13. The van der Waals surface area contributed by atoms with Crippen LogP contribution in [0.5, 0.6) is 0 Å². The van der Waals surface area contributed by atoms with Crippen molar-refractivity contribution in [1.82, 2.24) is 9.97 Å². The largest absolute Gasteiger partial charge is 0.416 e. The number of benzene rings is 1. The van der Waals surface area contributed by atoms with Crippen LogP contribution in [0.15, 0.2) is 30.5 Å². The standard InChI is InChI=1S/C15H17F3N4/c1-9(2)20-14-19-8-10(3)13(22-14)21-12-6-4-11(5-7-12)15(16,17)18/h4-9H,1-3H3,(H2,19,20,21,22). The van der Waals surface area contributed by atoms with Gasteiger partial charge in [0.15, 0.2) is 0 Å². The summed E-state index contributed by atoms with van der Waals surface area (Å²) in [6.07, 6.45) is -2.68. The summed E-state index contributed by atoms with van der Waals surface area (Å²) >= 11 is 0. The van der Waals surface area contributed by atoms with Crippen molar-refractivity contribution < 1.29 is 13.2 Å². The van der Waals surface area contributed by atoms with Crippen molar-refractivity contribution in [3.05, 3.63) is 41.6 Å². The maximum absolute atomic E-state index is 12.5. The summed E-state index contributed by atoms with van der Waals surface area (Å²) in [7, 11) is 0. The van der Waals surface area contributed by atoms with E-state index in [-0.39, 0.29) is 6.04 Å². The molecule has 0 aliphatic rings. The van der Waals surface area contributed by atoms with E-state index in [4.69, 9.17) is 0 Å². The second kappa shape index (κ2) is 6.21. The third-order valence-electron chi connectivity index (χ3n) is 2.86. The minimum atomic E-state index is -4.34. The Morgan fingerprint density at radius 1 is 1.09 bits per heavy atom. The van der Waals surface area contributed by atoms with E-state index in [2.05, 4.69) is 20.6 Å². The highest BCUT2D eigenvalue weighted by atomic mass is 19.4. The Balaban J connectivity index is 2.19. The quantitative estimate of drug-likeness (QED) is 0.880. The van der Waals surface area contributed by atoms with E-state index < -0.39 is 11.7 Å². The highest BCUT2D eigenvalue weighted by molar-refractivity contribution is 5.60. The molecule has 7 heteroatoms. The summed E-state index contributed by atoms with van der Waals surface area (Å²) in [6.45, 7) is 5.75. The van der Waals surface area contributed by atoms with Crippen LogP contribution in [0.25, 0.3) is 0 Å². The molecule has 0 bridgehead atoms. The van der Waals surface area contributed by atoms with Gasteiger partial charge in [-0.1, -0.05) is 0 Å². The number of hydrogen-bond acceptors (Lipinski definition) is 4. The van der Waals surface area contributed by atoms with Crippen LogP contribution in [-0.4, -0.2) is 16.0 Å². The third kappa shape index (κ3) is 4.09. The molecule has 4 nitrogen and oxygen atoms in total. The van der Waals surface area contributed by atoms with E-state index >= 15 is 0 Å². The first-order valence-electron chi connectivity index (χ1n) is 6.80. The fourth-order valence-corrected chi connectivity index (χ4v) is 1.78. The predicted octanol–water partition coefficient (Wildman–Crippen LogP) is 4.37. The Labute approximate surface area is 126 Å². The van der Waals surface area contributed by atoms with E-state index in [0.717, 1.165) is 17.7 Å². The van der Waals surface area contributed by atoms with E-state index in [0.29, 0.717) is 17.5 Å². The molecule has 22 heavy (non-hydrogen) atoms. The van der Waals surface area contributed by atoms with Crippen molar-refractivity contribution in [2.75, 3.05) is 10.6 Å². The lowest BCUT2D eigenvalue weighted by molar-refractivity contribution is -0.137. The van der Waals surface area contributed by atoms with Crippen LogP contribution in [0.3, 0.4) is 0 Å². The average molecular weight is 310 g/mol. The van der Waals surface area contributed by atoms with Gasteiger partial charge in [-0.05, 0) is 45.0 Å². The van der Waals surface area contributed by atoms with Crippen LogP contribution in [-0.2, 0) is 6.18 Å². The summed E-state index contributed by atoms with van der Waals surface area (Å²) in [5, 5.41) is 6.08. The molecule has 0 saturated carbocycles. The van der Waals surface area contributed by atoms with E-state index in [9.17, 15) is 13.2 Å². The maximum Gasteiger partial charge on any atom is 0.416 e. The van der Waals surface area contributed by atoms with Gasteiger partial charge in [0.1, 0.15) is 5.82 Å². The predicted molar refractivity (Wildman–Crippen MR) is 80.3 cm³/mol. The Bertz CT molecular complexity index is 636. The molecular formula is C15H17F3N4. The van der Waals surface area contributed by atoms with E-state index in [1.807, 2.05) is 20.8 Å². The molecular weight excluding hydrogens is 293 g/mol. The van der Waals surface area contributed by atoms with Crippen molar-refractivity contribution in [1.29, 1.82) is 0 Å². The zero-order valence-electron chi connectivity index (χ0n) is 12.5. The van der Waals surface area contributed by atoms with Gasteiger partial charge in [0.05, 0.1) is 5.56 Å². The first kappa shape index (κ1) is 16.1. The van der Waals surface area contributed by atoms with Crippen LogP contribution in [0.4, 0.5) is 30.6 Å². The Kier molecular flexibility index (Phi) is 4.54. The highest BCUT2D eigenvalue weighted by Crippen LogP contribution is 2.30. The number of anilines is 3. The van der Waals surface area contributed by atoms with Crippen molar-refractivity contribution in [3.63, 3.8) is 0 Å². The molecule has 0 atom stereocenters. The van der Waals surface area contributed by atoms with Crippen molar-refractivity contribution in [3.8, 4) is 0 Å². The van der Waals surface area contributed by atoms with Crippen LogP contribution in [0.1, 0.15) is 25.0 Å². The van der Waals surface area contributed by atoms with Gasteiger partial charge < -0.3 is 10.6 Å². The number of nitrogens with one attached hydrogen (secondary N) is 2. The smallest absolute Gasteiger partial charge is 0.352 e. The molecule has 2 rings (SSSR count). The molecule has 0 unspecified atom stereocenters. The van der Waals surface area contributed by atoms with Crippen molar-refractivity contribution in [2.45, 2.75) is 33.0 Å². The molecule has 1 aromatic carbocycles. The Hall–Kier alpha value is -2.31. The zero-order valence-corrected chi connectivity index (χ0v) is 12.5. The van der Waals surface area contributed by atoms with Crippen LogP contribution < -0.4 is 10.6 Å². The number of alkyl halides is 3. The second-order valence-corrected chi connectivity index (χ2v) is 5.22. The van der Waals surface area contributed by atoms with Crippen molar-refractivity contribution >= 4 is 17.5 Å². The van der Waals surface area contributed by atoms with E-state index in [1.165, 1.54) is 12.1 Å². The monoisotopic (exact) mass is 310 g/mol. The minimum absolute atomic E-state index is 0.182. The second-order valence-electron chi connectivity index (χ2n) is 5.22. The number of aromatic nitrogens is 2. The lowest BCUT2D eigenvalue weighted by atomic mass is 10.2. The van der Waals surface area contributed by atoms with Gasteiger partial charge in [0.25, 0.3) is 0 Å². The number of nitrogens with zero attached hydrogens (tertiary/aromatic N) is 2. The normalized spacial score (nSPS) is 11.6. The fraction of sp³-hybridized carbons (Fsp3) is 0.333. The van der Waals surface area contributed by atoms with Crippen LogP contribution in [0, 0.1) is 6.92 Å². The molecule has 0 amide bonds. The summed E-state index contributed by atoms with van der Waals surface area (Å²) in [6, 6.07) is 5.00. The molecule has 118 valence electrons. The molecule has 1 heterocycles. The van der Waals surface area contributed by atoms with Crippen molar-refractivity contribution in [2.24, 2.45) is 0 Å². The van der Waals surface area contributed by atoms with Gasteiger partial charge >= 0.3 is 6.18 Å². The highest BCUT2D eigenvalue weighted by Gasteiger charge is 2.29. The molecule has 0 aliphatic carbocycles. The maximum atomic E-state index is 12.5. The molecule has 0 radical (unpaired) electrons. The number of halogens is 3. The molecule has 2 aromatic rings. The first-order valence-corrected chi connectivity index (χ1v) is 6.80. The summed E-state index contributed by atoms with van der Waals surface area (Å²) in [5.74, 6) is 1.02. The van der Waals surface area contributed by atoms with E-state index in [1.54, 1.807) is 6.20 Å². The van der Waals surface area contributed by atoms with Gasteiger partial charge in [0, 0.05) is 23.5 Å².